The Hall–Kier alpha value is -1.65. The molecule has 2 aromatic rings. The van der Waals surface area contributed by atoms with Crippen molar-refractivity contribution in [3.8, 4) is 0 Å². The van der Waals surface area contributed by atoms with Crippen molar-refractivity contribution in [2.24, 2.45) is 16.7 Å². The zero-order chi connectivity index (χ0) is 13.0. The molecule has 0 spiro atoms. The van der Waals surface area contributed by atoms with Crippen molar-refractivity contribution >= 4 is 17.0 Å². The summed E-state index contributed by atoms with van der Waals surface area (Å²) in [6, 6.07) is 0. The number of nitrogens with zero attached hydrogens (tertiary/aromatic N) is 3. The van der Waals surface area contributed by atoms with Gasteiger partial charge in [-0.2, -0.15) is 0 Å². The fourth-order valence-corrected chi connectivity index (χ4v) is 2.94. The number of aromatic nitrogens is 4. The van der Waals surface area contributed by atoms with E-state index in [1.54, 1.807) is 12.7 Å². The first-order valence-electron chi connectivity index (χ1n) is 6.32. The molecule has 1 saturated carbocycles. The first-order valence-corrected chi connectivity index (χ1v) is 6.32. The molecule has 1 aliphatic carbocycles. The second-order valence-corrected chi connectivity index (χ2v) is 6.20. The van der Waals surface area contributed by atoms with Crippen LogP contribution in [-0.4, -0.2) is 26.5 Å². The molecule has 0 amide bonds. The highest BCUT2D eigenvalue weighted by atomic mass is 15.1. The van der Waals surface area contributed by atoms with E-state index in [4.69, 9.17) is 0 Å². The predicted molar refractivity (Wildman–Crippen MR) is 71.2 cm³/mol. The van der Waals surface area contributed by atoms with E-state index >= 15 is 0 Å². The molecule has 5 heteroatoms. The molecular formula is C13H19N5. The third kappa shape index (κ3) is 1.43. The van der Waals surface area contributed by atoms with Crippen LogP contribution in [0.25, 0.3) is 11.2 Å². The van der Waals surface area contributed by atoms with Crippen LogP contribution < -0.4 is 5.32 Å². The first kappa shape index (κ1) is 11.4. The minimum absolute atomic E-state index is 0.389. The molecule has 0 radical (unpaired) electrons. The third-order valence-electron chi connectivity index (χ3n) is 5.02. The molecule has 3 rings (SSSR count). The highest BCUT2D eigenvalue weighted by Gasteiger charge is 2.64. The molecule has 2 aromatic heterocycles. The van der Waals surface area contributed by atoms with Crippen LogP contribution in [0.2, 0.25) is 0 Å². The number of rotatable bonds is 3. The highest BCUT2D eigenvalue weighted by Crippen LogP contribution is 2.68. The Bertz CT molecular complexity index is 570. The molecule has 0 aliphatic heterocycles. The maximum absolute atomic E-state index is 4.28. The Balaban J connectivity index is 1.77. The lowest BCUT2D eigenvalue weighted by Crippen LogP contribution is -2.09. The number of H-pyrrole nitrogens is 1. The summed E-state index contributed by atoms with van der Waals surface area (Å²) < 4.78 is 0. The standard InChI is InChI=1S/C13H19N5/c1-12(2)8(13(12,3)4)5-14-10-9-11(16-6-15-9)18-7-17-10/h6-8H,5H2,1-4H3,(H2,14,15,16,17,18). The molecule has 0 aromatic carbocycles. The van der Waals surface area contributed by atoms with Gasteiger partial charge < -0.3 is 10.3 Å². The van der Waals surface area contributed by atoms with E-state index < -0.39 is 0 Å². The average molecular weight is 245 g/mol. The van der Waals surface area contributed by atoms with Gasteiger partial charge in [-0.25, -0.2) is 15.0 Å². The Labute approximate surface area is 106 Å². The zero-order valence-corrected chi connectivity index (χ0v) is 11.3. The Morgan fingerprint density at radius 1 is 1.17 bits per heavy atom. The summed E-state index contributed by atoms with van der Waals surface area (Å²) >= 11 is 0. The fourth-order valence-electron chi connectivity index (χ4n) is 2.94. The molecule has 0 atom stereocenters. The van der Waals surface area contributed by atoms with Crippen molar-refractivity contribution in [3.05, 3.63) is 12.7 Å². The van der Waals surface area contributed by atoms with Crippen LogP contribution in [0.3, 0.4) is 0 Å². The number of aromatic amines is 1. The Morgan fingerprint density at radius 3 is 2.56 bits per heavy atom. The van der Waals surface area contributed by atoms with Crippen molar-refractivity contribution in [3.63, 3.8) is 0 Å². The molecule has 0 saturated heterocycles. The van der Waals surface area contributed by atoms with E-state index in [0.717, 1.165) is 17.9 Å². The van der Waals surface area contributed by atoms with Crippen molar-refractivity contribution in [1.29, 1.82) is 0 Å². The first-order chi connectivity index (χ1) is 8.44. The van der Waals surface area contributed by atoms with Crippen LogP contribution in [0.15, 0.2) is 12.7 Å². The smallest absolute Gasteiger partial charge is 0.182 e. The van der Waals surface area contributed by atoms with Gasteiger partial charge in [-0.1, -0.05) is 27.7 Å². The van der Waals surface area contributed by atoms with E-state index in [9.17, 15) is 0 Å². The van der Waals surface area contributed by atoms with Crippen LogP contribution >= 0.6 is 0 Å². The molecule has 0 bridgehead atoms. The zero-order valence-electron chi connectivity index (χ0n) is 11.3. The minimum atomic E-state index is 0.389. The summed E-state index contributed by atoms with van der Waals surface area (Å²) in [4.78, 5) is 15.6. The van der Waals surface area contributed by atoms with Gasteiger partial charge >= 0.3 is 0 Å². The van der Waals surface area contributed by atoms with E-state index in [-0.39, 0.29) is 0 Å². The molecule has 2 N–H and O–H groups in total. The number of anilines is 1. The lowest BCUT2D eigenvalue weighted by atomic mass is 10.0. The molecule has 0 unspecified atom stereocenters. The fraction of sp³-hybridized carbons (Fsp3) is 0.615. The monoisotopic (exact) mass is 245 g/mol. The normalized spacial score (nSPS) is 21.1. The maximum Gasteiger partial charge on any atom is 0.182 e. The highest BCUT2D eigenvalue weighted by molar-refractivity contribution is 5.81. The van der Waals surface area contributed by atoms with Crippen LogP contribution in [0.4, 0.5) is 5.82 Å². The van der Waals surface area contributed by atoms with Crippen molar-refractivity contribution in [2.75, 3.05) is 11.9 Å². The lowest BCUT2D eigenvalue weighted by molar-refractivity contribution is 0.457. The number of imidazole rings is 1. The number of nitrogens with one attached hydrogen (secondary N) is 2. The number of hydrogen-bond acceptors (Lipinski definition) is 4. The molecule has 2 heterocycles. The van der Waals surface area contributed by atoms with Gasteiger partial charge in [-0.3, -0.25) is 0 Å². The van der Waals surface area contributed by atoms with Gasteiger partial charge in [0.15, 0.2) is 11.5 Å². The van der Waals surface area contributed by atoms with Gasteiger partial charge in [0.1, 0.15) is 11.8 Å². The molecular weight excluding hydrogens is 226 g/mol. The molecule has 18 heavy (non-hydrogen) atoms. The summed E-state index contributed by atoms with van der Waals surface area (Å²) in [6.45, 7) is 10.2. The van der Waals surface area contributed by atoms with Crippen molar-refractivity contribution in [1.82, 2.24) is 19.9 Å². The second-order valence-electron chi connectivity index (χ2n) is 6.20. The van der Waals surface area contributed by atoms with Gasteiger partial charge in [0.25, 0.3) is 0 Å². The lowest BCUT2D eigenvalue weighted by Gasteiger charge is -2.06. The maximum atomic E-state index is 4.28. The van der Waals surface area contributed by atoms with Crippen LogP contribution in [-0.2, 0) is 0 Å². The summed E-state index contributed by atoms with van der Waals surface area (Å²) in [6.07, 6.45) is 3.20. The number of hydrogen-bond donors (Lipinski definition) is 2. The average Bonchev–Trinajstić information content (AvgIpc) is 2.71. The van der Waals surface area contributed by atoms with E-state index in [1.807, 2.05) is 0 Å². The van der Waals surface area contributed by atoms with E-state index in [1.165, 1.54) is 0 Å². The largest absolute Gasteiger partial charge is 0.368 e. The molecule has 96 valence electrons. The van der Waals surface area contributed by atoms with E-state index in [2.05, 4.69) is 52.9 Å². The van der Waals surface area contributed by atoms with E-state index in [0.29, 0.717) is 22.4 Å². The van der Waals surface area contributed by atoms with Gasteiger partial charge in [-0.05, 0) is 16.7 Å². The quantitative estimate of drug-likeness (QED) is 0.871. The van der Waals surface area contributed by atoms with Gasteiger partial charge in [0.2, 0.25) is 0 Å². The van der Waals surface area contributed by atoms with Crippen LogP contribution in [0.5, 0.6) is 0 Å². The van der Waals surface area contributed by atoms with Crippen LogP contribution in [0, 0.1) is 16.7 Å². The van der Waals surface area contributed by atoms with Gasteiger partial charge in [-0.15, -0.1) is 0 Å². The summed E-state index contributed by atoms with van der Waals surface area (Å²) in [5, 5.41) is 3.42. The van der Waals surface area contributed by atoms with Gasteiger partial charge in [0, 0.05) is 6.54 Å². The van der Waals surface area contributed by atoms with Crippen molar-refractivity contribution < 1.29 is 0 Å². The minimum Gasteiger partial charge on any atom is -0.368 e. The SMILES string of the molecule is CC1(C)C(CNc2ncnc3nc[nH]c23)C1(C)C. The molecule has 1 aliphatic rings. The summed E-state index contributed by atoms with van der Waals surface area (Å²) in [5.74, 6) is 1.51. The van der Waals surface area contributed by atoms with Crippen molar-refractivity contribution in [2.45, 2.75) is 27.7 Å². The Kier molecular flexibility index (Phi) is 2.18. The van der Waals surface area contributed by atoms with Gasteiger partial charge in [0.05, 0.1) is 6.33 Å². The molecule has 5 nitrogen and oxygen atoms in total. The predicted octanol–water partition coefficient (Wildman–Crippen LogP) is 2.45. The number of fused-ring (bicyclic) bond motifs is 1. The Morgan fingerprint density at radius 2 is 1.89 bits per heavy atom. The second kappa shape index (κ2) is 3.43. The third-order valence-corrected chi connectivity index (χ3v) is 5.02. The summed E-state index contributed by atoms with van der Waals surface area (Å²) in [5.41, 5.74) is 2.37. The van der Waals surface area contributed by atoms with Crippen LogP contribution in [0.1, 0.15) is 27.7 Å². The summed E-state index contributed by atoms with van der Waals surface area (Å²) in [7, 11) is 0. The molecule has 1 fully saturated rings. The topological polar surface area (TPSA) is 66.5 Å².